The van der Waals surface area contributed by atoms with Gasteiger partial charge in [-0.15, -0.1) is 10.2 Å². The Balaban J connectivity index is 1.88. The van der Waals surface area contributed by atoms with Crippen LogP contribution in [0.1, 0.15) is 24.2 Å². The largest absolute Gasteiger partial charge is 0.392 e. The van der Waals surface area contributed by atoms with Crippen molar-refractivity contribution in [3.63, 3.8) is 0 Å². The first-order valence-electron chi connectivity index (χ1n) is 7.25. The molecule has 0 amide bonds. The van der Waals surface area contributed by atoms with E-state index < -0.39 is 6.10 Å². The number of aromatic nitrogens is 4. The molecule has 1 aliphatic rings. The van der Waals surface area contributed by atoms with Crippen LogP contribution >= 0.6 is 0 Å². The van der Waals surface area contributed by atoms with Gasteiger partial charge in [-0.25, -0.2) is 0 Å². The molecule has 21 heavy (non-hydrogen) atoms. The molecule has 6 heteroatoms. The second-order valence-corrected chi connectivity index (χ2v) is 5.55. The molecule has 1 aromatic heterocycles. The van der Waals surface area contributed by atoms with Crippen LogP contribution in [-0.4, -0.2) is 44.6 Å². The Kier molecular flexibility index (Phi) is 3.98. The molecular formula is C15H20N4O2. The van der Waals surface area contributed by atoms with E-state index in [1.165, 1.54) is 4.80 Å². The summed E-state index contributed by atoms with van der Waals surface area (Å²) in [5, 5.41) is 22.9. The first kappa shape index (κ1) is 14.2. The topological polar surface area (TPSA) is 73.1 Å². The minimum absolute atomic E-state index is 0.293. The number of aliphatic hydroxyl groups is 1. The second-order valence-electron chi connectivity index (χ2n) is 5.55. The summed E-state index contributed by atoms with van der Waals surface area (Å²) in [4.78, 5) is 1.42. The van der Waals surface area contributed by atoms with Crippen molar-refractivity contribution < 1.29 is 9.84 Å². The standard InChI is InChI=1S/C15H20N4O2/c1-19-17-14(16-18-19)11-13(20)15(7-9-21-10-8-15)12-5-3-2-4-6-12/h2-6,13,20H,7-11H2,1H3. The Morgan fingerprint density at radius 2 is 2.00 bits per heavy atom. The number of nitrogens with zero attached hydrogens (tertiary/aromatic N) is 4. The Hall–Kier alpha value is -1.79. The van der Waals surface area contributed by atoms with Crippen LogP contribution in [0.2, 0.25) is 0 Å². The van der Waals surface area contributed by atoms with Gasteiger partial charge in [0.2, 0.25) is 0 Å². The van der Waals surface area contributed by atoms with Gasteiger partial charge in [0.15, 0.2) is 5.82 Å². The first-order valence-corrected chi connectivity index (χ1v) is 7.25. The van der Waals surface area contributed by atoms with Crippen molar-refractivity contribution in [2.45, 2.75) is 30.8 Å². The monoisotopic (exact) mass is 288 g/mol. The molecular weight excluding hydrogens is 268 g/mol. The number of hydrogen-bond donors (Lipinski definition) is 1. The van der Waals surface area contributed by atoms with Gasteiger partial charge in [-0.2, -0.15) is 4.80 Å². The quantitative estimate of drug-likeness (QED) is 0.903. The number of hydrogen-bond acceptors (Lipinski definition) is 5. The van der Waals surface area contributed by atoms with E-state index >= 15 is 0 Å². The molecule has 1 atom stereocenters. The molecule has 112 valence electrons. The van der Waals surface area contributed by atoms with Crippen LogP contribution in [0.15, 0.2) is 30.3 Å². The van der Waals surface area contributed by atoms with Crippen molar-refractivity contribution in [3.05, 3.63) is 41.7 Å². The van der Waals surface area contributed by atoms with Gasteiger partial charge in [-0.05, 0) is 23.6 Å². The molecule has 2 aromatic rings. The maximum Gasteiger partial charge on any atom is 0.177 e. The molecule has 2 heterocycles. The Morgan fingerprint density at radius 3 is 2.62 bits per heavy atom. The molecule has 0 radical (unpaired) electrons. The van der Waals surface area contributed by atoms with Crippen molar-refractivity contribution in [1.29, 1.82) is 0 Å². The Morgan fingerprint density at radius 1 is 1.29 bits per heavy atom. The highest BCUT2D eigenvalue weighted by Crippen LogP contribution is 2.38. The lowest BCUT2D eigenvalue weighted by molar-refractivity contribution is -0.0161. The molecule has 0 saturated carbocycles. The third-order valence-corrected chi connectivity index (χ3v) is 4.30. The van der Waals surface area contributed by atoms with Crippen molar-refractivity contribution >= 4 is 0 Å². The summed E-state index contributed by atoms with van der Waals surface area (Å²) in [6.07, 6.45) is 1.47. The van der Waals surface area contributed by atoms with Crippen LogP contribution in [0, 0.1) is 0 Å². The summed E-state index contributed by atoms with van der Waals surface area (Å²) in [5.41, 5.74) is 0.864. The molecule has 6 nitrogen and oxygen atoms in total. The van der Waals surface area contributed by atoms with Crippen molar-refractivity contribution in [1.82, 2.24) is 20.2 Å². The zero-order chi connectivity index (χ0) is 14.7. The van der Waals surface area contributed by atoms with E-state index in [-0.39, 0.29) is 5.41 Å². The van der Waals surface area contributed by atoms with Gasteiger partial charge in [-0.1, -0.05) is 30.3 Å². The van der Waals surface area contributed by atoms with Crippen molar-refractivity contribution in [2.24, 2.45) is 7.05 Å². The van der Waals surface area contributed by atoms with E-state index in [4.69, 9.17) is 4.74 Å². The predicted octanol–water partition coefficient (Wildman–Crippen LogP) is 0.862. The molecule has 1 aromatic carbocycles. The van der Waals surface area contributed by atoms with Gasteiger partial charge in [-0.3, -0.25) is 0 Å². The van der Waals surface area contributed by atoms with Crippen LogP contribution < -0.4 is 0 Å². The second kappa shape index (κ2) is 5.91. The van der Waals surface area contributed by atoms with E-state index in [1.807, 2.05) is 18.2 Å². The number of rotatable bonds is 4. The minimum atomic E-state index is -0.548. The lowest BCUT2D eigenvalue weighted by Crippen LogP contribution is -2.45. The van der Waals surface area contributed by atoms with Gasteiger partial charge in [0.1, 0.15) is 0 Å². The number of aliphatic hydroxyl groups excluding tert-OH is 1. The third kappa shape index (κ3) is 2.82. The maximum atomic E-state index is 10.9. The van der Waals surface area contributed by atoms with Crippen LogP contribution in [0.5, 0.6) is 0 Å². The summed E-state index contributed by atoms with van der Waals surface area (Å²) in [7, 11) is 1.73. The van der Waals surface area contributed by atoms with E-state index in [2.05, 4.69) is 27.5 Å². The smallest absolute Gasteiger partial charge is 0.177 e. The lowest BCUT2D eigenvalue weighted by Gasteiger charge is -2.41. The van der Waals surface area contributed by atoms with E-state index in [0.29, 0.717) is 25.5 Å². The highest BCUT2D eigenvalue weighted by Gasteiger charge is 2.41. The van der Waals surface area contributed by atoms with Crippen LogP contribution in [0.25, 0.3) is 0 Å². The Labute approximate surface area is 123 Å². The third-order valence-electron chi connectivity index (χ3n) is 4.30. The number of benzene rings is 1. The van der Waals surface area contributed by atoms with E-state index in [9.17, 15) is 5.11 Å². The first-order chi connectivity index (χ1) is 10.2. The zero-order valence-corrected chi connectivity index (χ0v) is 12.1. The van der Waals surface area contributed by atoms with Crippen molar-refractivity contribution in [3.8, 4) is 0 Å². The fraction of sp³-hybridized carbons (Fsp3) is 0.533. The highest BCUT2D eigenvalue weighted by atomic mass is 16.5. The van der Waals surface area contributed by atoms with Crippen LogP contribution in [0.3, 0.4) is 0 Å². The summed E-state index contributed by atoms with van der Waals surface area (Å²) >= 11 is 0. The number of tetrazole rings is 1. The van der Waals surface area contributed by atoms with Gasteiger partial charge in [0.05, 0.1) is 13.2 Å². The molecule has 1 aliphatic heterocycles. The summed E-state index contributed by atoms with van der Waals surface area (Å²) in [6, 6.07) is 10.2. The van der Waals surface area contributed by atoms with Gasteiger partial charge >= 0.3 is 0 Å². The summed E-state index contributed by atoms with van der Waals surface area (Å²) in [6.45, 7) is 1.33. The van der Waals surface area contributed by atoms with Crippen LogP contribution in [0.4, 0.5) is 0 Å². The van der Waals surface area contributed by atoms with Gasteiger partial charge in [0, 0.05) is 25.0 Å². The molecule has 3 rings (SSSR count). The molecule has 1 fully saturated rings. The predicted molar refractivity (Wildman–Crippen MR) is 76.7 cm³/mol. The summed E-state index contributed by atoms with van der Waals surface area (Å²) in [5.74, 6) is 0.576. The molecule has 0 bridgehead atoms. The van der Waals surface area contributed by atoms with Gasteiger partial charge in [0.25, 0.3) is 0 Å². The maximum absolute atomic E-state index is 10.9. The molecule has 1 unspecified atom stereocenters. The van der Waals surface area contributed by atoms with Crippen LogP contribution in [-0.2, 0) is 23.6 Å². The van der Waals surface area contributed by atoms with Crippen molar-refractivity contribution in [2.75, 3.05) is 13.2 Å². The average molecular weight is 288 g/mol. The SMILES string of the molecule is Cn1nnc(CC(O)C2(c3ccccc3)CCOCC2)n1. The molecule has 1 saturated heterocycles. The van der Waals surface area contributed by atoms with E-state index in [0.717, 1.165) is 18.4 Å². The fourth-order valence-electron chi connectivity index (χ4n) is 3.09. The number of ether oxygens (including phenoxy) is 1. The fourth-order valence-corrected chi connectivity index (χ4v) is 3.09. The minimum Gasteiger partial charge on any atom is -0.392 e. The normalized spacial score (nSPS) is 19.3. The summed E-state index contributed by atoms with van der Waals surface area (Å²) < 4.78 is 5.49. The lowest BCUT2D eigenvalue weighted by atomic mass is 9.69. The average Bonchev–Trinajstić information content (AvgIpc) is 2.94. The molecule has 0 aliphatic carbocycles. The van der Waals surface area contributed by atoms with E-state index in [1.54, 1.807) is 7.05 Å². The zero-order valence-electron chi connectivity index (χ0n) is 12.1. The highest BCUT2D eigenvalue weighted by molar-refractivity contribution is 5.28. The Bertz CT molecular complexity index is 578. The molecule has 1 N–H and O–H groups in total. The van der Waals surface area contributed by atoms with Gasteiger partial charge < -0.3 is 9.84 Å². The molecule has 0 spiro atoms. The number of aryl methyl sites for hydroxylation is 1.